The summed E-state index contributed by atoms with van der Waals surface area (Å²) in [6.07, 6.45) is 4.50. The maximum atomic E-state index is 5.62. The number of ether oxygens (including phenoxy) is 1. The molecule has 1 fully saturated rings. The van der Waals surface area contributed by atoms with Crippen LogP contribution >= 0.6 is 24.0 Å². The first-order chi connectivity index (χ1) is 10.9. The predicted octanol–water partition coefficient (Wildman–Crippen LogP) is 1.58. The fourth-order valence-electron chi connectivity index (χ4n) is 2.51. The lowest BCUT2D eigenvalue weighted by molar-refractivity contribution is 0.114. The van der Waals surface area contributed by atoms with Gasteiger partial charge in [-0.05, 0) is 31.9 Å². The lowest BCUT2D eigenvalue weighted by Gasteiger charge is -2.14. The fraction of sp³-hybridized carbons (Fsp3) is 0.533. The molecule has 2 N–H and O–H groups in total. The molecule has 0 radical (unpaired) electrons. The highest BCUT2D eigenvalue weighted by Gasteiger charge is 2.15. The molecule has 8 heteroatoms. The van der Waals surface area contributed by atoms with Crippen molar-refractivity contribution in [2.75, 3.05) is 19.7 Å². The van der Waals surface area contributed by atoms with Crippen molar-refractivity contribution >= 4 is 35.6 Å². The van der Waals surface area contributed by atoms with Crippen molar-refractivity contribution in [3.8, 4) is 0 Å². The summed E-state index contributed by atoms with van der Waals surface area (Å²) in [4.78, 5) is 4.58. The summed E-state index contributed by atoms with van der Waals surface area (Å²) < 4.78 is 7.57. The van der Waals surface area contributed by atoms with E-state index in [1.807, 2.05) is 28.8 Å². The minimum absolute atomic E-state index is 0. The molecule has 0 bridgehead atoms. The topological polar surface area (TPSA) is 75.8 Å². The average molecular weight is 430 g/mol. The molecule has 0 amide bonds. The molecule has 3 rings (SSSR count). The van der Waals surface area contributed by atoms with Crippen molar-refractivity contribution in [3.63, 3.8) is 0 Å². The molecule has 1 unspecified atom stereocenters. The predicted molar refractivity (Wildman–Crippen MR) is 100 cm³/mol. The average Bonchev–Trinajstić information content (AvgIpc) is 3.20. The van der Waals surface area contributed by atoms with Crippen LogP contribution in [0.4, 0.5) is 0 Å². The van der Waals surface area contributed by atoms with Gasteiger partial charge in [0.25, 0.3) is 0 Å². The quantitative estimate of drug-likeness (QED) is 0.428. The Kier molecular flexibility index (Phi) is 7.03. The van der Waals surface area contributed by atoms with E-state index in [1.54, 1.807) is 0 Å². The Balaban J connectivity index is 0.00000192. The van der Waals surface area contributed by atoms with E-state index in [4.69, 9.17) is 4.74 Å². The minimum atomic E-state index is 0. The highest BCUT2D eigenvalue weighted by molar-refractivity contribution is 14.0. The molecule has 3 heterocycles. The van der Waals surface area contributed by atoms with Gasteiger partial charge in [-0.15, -0.1) is 34.2 Å². The molecule has 1 aliphatic rings. The van der Waals surface area contributed by atoms with Crippen molar-refractivity contribution in [3.05, 3.63) is 30.2 Å². The molecule has 0 aromatic carbocycles. The first kappa shape index (κ1) is 17.9. The van der Waals surface area contributed by atoms with Crippen LogP contribution in [0.1, 0.15) is 25.6 Å². The number of nitrogens with zero attached hydrogens (tertiary/aromatic N) is 4. The Morgan fingerprint density at radius 2 is 2.30 bits per heavy atom. The van der Waals surface area contributed by atoms with Crippen LogP contribution in [0.5, 0.6) is 0 Å². The molecule has 126 valence electrons. The second-order valence-corrected chi connectivity index (χ2v) is 5.26. The van der Waals surface area contributed by atoms with Crippen LogP contribution in [-0.2, 0) is 11.3 Å². The largest absolute Gasteiger partial charge is 0.376 e. The number of aromatic nitrogens is 3. The standard InChI is InChI=1S/C15H22N6O.HI/c1-2-16-15(17-10-12-6-5-9-22-12)18-11-14-20-19-13-7-3-4-8-21(13)14;/h3-4,7-8,12H,2,5-6,9-11H2,1H3,(H2,16,17,18);1H. The zero-order valence-electron chi connectivity index (χ0n) is 13.2. The molecule has 1 saturated heterocycles. The van der Waals surface area contributed by atoms with Crippen LogP contribution in [-0.4, -0.2) is 46.4 Å². The van der Waals surface area contributed by atoms with E-state index >= 15 is 0 Å². The van der Waals surface area contributed by atoms with E-state index in [0.717, 1.165) is 50.0 Å². The zero-order valence-corrected chi connectivity index (χ0v) is 15.6. The SMILES string of the molecule is CCNC(=NCc1nnc2ccccn12)NCC1CCCO1.I. The number of guanidine groups is 1. The molecule has 0 saturated carbocycles. The van der Waals surface area contributed by atoms with E-state index < -0.39 is 0 Å². The summed E-state index contributed by atoms with van der Waals surface area (Å²) in [7, 11) is 0. The number of halogens is 1. The van der Waals surface area contributed by atoms with Crippen molar-refractivity contribution in [1.29, 1.82) is 0 Å². The third kappa shape index (κ3) is 4.77. The number of nitrogens with one attached hydrogen (secondary N) is 2. The van der Waals surface area contributed by atoms with Gasteiger partial charge in [-0.25, -0.2) is 4.99 Å². The molecule has 2 aromatic rings. The lowest BCUT2D eigenvalue weighted by atomic mass is 10.2. The number of hydrogen-bond acceptors (Lipinski definition) is 4. The maximum absolute atomic E-state index is 5.62. The molecule has 1 aliphatic heterocycles. The van der Waals surface area contributed by atoms with Gasteiger partial charge in [0.05, 0.1) is 6.10 Å². The zero-order chi connectivity index (χ0) is 15.2. The Morgan fingerprint density at radius 1 is 1.39 bits per heavy atom. The van der Waals surface area contributed by atoms with Crippen LogP contribution < -0.4 is 10.6 Å². The van der Waals surface area contributed by atoms with E-state index in [-0.39, 0.29) is 30.1 Å². The van der Waals surface area contributed by atoms with Gasteiger partial charge in [0.15, 0.2) is 17.4 Å². The van der Waals surface area contributed by atoms with Gasteiger partial charge in [-0.1, -0.05) is 6.07 Å². The molecule has 1 atom stereocenters. The third-order valence-electron chi connectivity index (χ3n) is 3.63. The molecular weight excluding hydrogens is 407 g/mol. The van der Waals surface area contributed by atoms with Crippen molar-refractivity contribution in [2.24, 2.45) is 4.99 Å². The monoisotopic (exact) mass is 430 g/mol. The Hall–Kier alpha value is -1.42. The van der Waals surface area contributed by atoms with Crippen LogP contribution in [0.25, 0.3) is 5.65 Å². The third-order valence-corrected chi connectivity index (χ3v) is 3.63. The van der Waals surface area contributed by atoms with Crippen LogP contribution in [0.2, 0.25) is 0 Å². The lowest BCUT2D eigenvalue weighted by Crippen LogP contribution is -2.41. The normalized spacial score (nSPS) is 18.0. The van der Waals surface area contributed by atoms with E-state index in [2.05, 4.69) is 32.7 Å². The van der Waals surface area contributed by atoms with Crippen molar-refractivity contribution < 1.29 is 4.74 Å². The summed E-state index contributed by atoms with van der Waals surface area (Å²) in [5.74, 6) is 1.61. The van der Waals surface area contributed by atoms with Gasteiger partial charge in [0, 0.05) is 25.9 Å². The molecule has 0 aliphatic carbocycles. The highest BCUT2D eigenvalue weighted by atomic mass is 127. The first-order valence-corrected chi connectivity index (χ1v) is 7.79. The fourth-order valence-corrected chi connectivity index (χ4v) is 2.51. The molecule has 0 spiro atoms. The number of fused-ring (bicyclic) bond motifs is 1. The number of hydrogen-bond donors (Lipinski definition) is 2. The minimum Gasteiger partial charge on any atom is -0.376 e. The van der Waals surface area contributed by atoms with Gasteiger partial charge in [0.2, 0.25) is 0 Å². The number of aliphatic imine (C=N–C) groups is 1. The van der Waals surface area contributed by atoms with Crippen LogP contribution in [0.3, 0.4) is 0 Å². The molecule has 7 nitrogen and oxygen atoms in total. The van der Waals surface area contributed by atoms with E-state index in [1.165, 1.54) is 0 Å². The molecule has 23 heavy (non-hydrogen) atoms. The summed E-state index contributed by atoms with van der Waals surface area (Å²) in [6.45, 7) is 5.00. The van der Waals surface area contributed by atoms with E-state index in [9.17, 15) is 0 Å². The van der Waals surface area contributed by atoms with Crippen molar-refractivity contribution in [1.82, 2.24) is 25.2 Å². The summed E-state index contributed by atoms with van der Waals surface area (Å²) in [5.41, 5.74) is 0.838. The second-order valence-electron chi connectivity index (χ2n) is 5.26. The highest BCUT2D eigenvalue weighted by Crippen LogP contribution is 2.10. The Bertz CT molecular complexity index is 638. The first-order valence-electron chi connectivity index (χ1n) is 7.79. The Labute approximate surface area is 152 Å². The summed E-state index contributed by atoms with van der Waals surface area (Å²) >= 11 is 0. The number of rotatable bonds is 5. The second kappa shape index (κ2) is 9.02. The summed E-state index contributed by atoms with van der Waals surface area (Å²) in [6, 6.07) is 5.84. The van der Waals surface area contributed by atoms with Crippen molar-refractivity contribution in [2.45, 2.75) is 32.4 Å². The van der Waals surface area contributed by atoms with Gasteiger partial charge in [0.1, 0.15) is 6.54 Å². The van der Waals surface area contributed by atoms with Gasteiger partial charge < -0.3 is 15.4 Å². The van der Waals surface area contributed by atoms with Gasteiger partial charge in [-0.2, -0.15) is 0 Å². The van der Waals surface area contributed by atoms with Gasteiger partial charge in [-0.3, -0.25) is 4.40 Å². The molecule has 2 aromatic heterocycles. The van der Waals surface area contributed by atoms with Crippen LogP contribution in [0.15, 0.2) is 29.4 Å². The smallest absolute Gasteiger partial charge is 0.191 e. The summed E-state index contributed by atoms with van der Waals surface area (Å²) in [5, 5.41) is 14.9. The number of pyridine rings is 1. The molecular formula is C15H23IN6O. The van der Waals surface area contributed by atoms with E-state index in [0.29, 0.717) is 6.54 Å². The maximum Gasteiger partial charge on any atom is 0.191 e. The Morgan fingerprint density at radius 3 is 3.09 bits per heavy atom. The van der Waals surface area contributed by atoms with Crippen LogP contribution in [0, 0.1) is 0 Å². The van der Waals surface area contributed by atoms with Gasteiger partial charge >= 0.3 is 0 Å².